The summed E-state index contributed by atoms with van der Waals surface area (Å²) < 4.78 is 1.78. The molecule has 72 valence electrons. The first-order valence-corrected chi connectivity index (χ1v) is 4.55. The lowest BCUT2D eigenvalue weighted by atomic mass is 10.1. The predicted octanol–water partition coefficient (Wildman–Crippen LogP) is 2.07. The minimum absolute atomic E-state index is 0.761. The lowest BCUT2D eigenvalue weighted by molar-refractivity contribution is 0.881. The highest BCUT2D eigenvalue weighted by atomic mass is 15.3. The van der Waals surface area contributed by atoms with Gasteiger partial charge in [-0.2, -0.15) is 5.10 Å². The second-order valence-electron chi connectivity index (χ2n) is 3.45. The van der Waals surface area contributed by atoms with E-state index in [1.54, 1.807) is 10.9 Å². The predicted molar refractivity (Wildman–Crippen MR) is 57.5 cm³/mol. The van der Waals surface area contributed by atoms with E-state index >= 15 is 0 Å². The van der Waals surface area contributed by atoms with Crippen LogP contribution in [0.2, 0.25) is 0 Å². The molecule has 0 saturated carbocycles. The lowest BCUT2D eigenvalue weighted by Gasteiger charge is -2.09. The number of aromatic nitrogens is 2. The Morgan fingerprint density at radius 3 is 2.57 bits per heavy atom. The lowest BCUT2D eigenvalue weighted by Crippen LogP contribution is -2.01. The number of nitrogens with two attached hydrogens (primary N) is 1. The normalized spacial score (nSPS) is 10.4. The first kappa shape index (κ1) is 8.81. The van der Waals surface area contributed by atoms with E-state index in [0.29, 0.717) is 0 Å². The van der Waals surface area contributed by atoms with Gasteiger partial charge in [0.25, 0.3) is 0 Å². The van der Waals surface area contributed by atoms with E-state index in [1.165, 1.54) is 11.1 Å². The maximum Gasteiger partial charge on any atom is 0.0877 e. The highest BCUT2D eigenvalue weighted by molar-refractivity contribution is 5.60. The van der Waals surface area contributed by atoms with Gasteiger partial charge in [0.05, 0.1) is 11.4 Å². The highest BCUT2D eigenvalue weighted by Gasteiger charge is 2.03. The van der Waals surface area contributed by atoms with Gasteiger partial charge in [0, 0.05) is 12.4 Å². The number of aryl methyl sites for hydroxylation is 2. The summed E-state index contributed by atoms with van der Waals surface area (Å²) in [5, 5.41) is 4.15. The summed E-state index contributed by atoms with van der Waals surface area (Å²) in [4.78, 5) is 0. The van der Waals surface area contributed by atoms with Gasteiger partial charge in [-0.05, 0) is 43.2 Å². The quantitative estimate of drug-likeness (QED) is 0.694. The Hall–Kier alpha value is -1.77. The van der Waals surface area contributed by atoms with Crippen molar-refractivity contribution in [1.29, 1.82) is 0 Å². The molecule has 14 heavy (non-hydrogen) atoms. The van der Waals surface area contributed by atoms with Crippen LogP contribution in [0.25, 0.3) is 5.69 Å². The van der Waals surface area contributed by atoms with Crippen LogP contribution in [0.3, 0.4) is 0 Å². The van der Waals surface area contributed by atoms with Crippen molar-refractivity contribution >= 4 is 5.69 Å². The van der Waals surface area contributed by atoms with E-state index in [0.717, 1.165) is 11.4 Å². The van der Waals surface area contributed by atoms with Crippen LogP contribution >= 0.6 is 0 Å². The van der Waals surface area contributed by atoms with Gasteiger partial charge < -0.3 is 5.73 Å². The van der Waals surface area contributed by atoms with Crippen molar-refractivity contribution in [2.75, 3.05) is 5.73 Å². The minimum atomic E-state index is 0.761. The van der Waals surface area contributed by atoms with Crippen LogP contribution in [0.5, 0.6) is 0 Å². The molecule has 2 rings (SSSR count). The number of hydrogen-bond acceptors (Lipinski definition) is 2. The van der Waals surface area contributed by atoms with Crippen molar-refractivity contribution in [2.24, 2.45) is 0 Å². The third kappa shape index (κ3) is 1.37. The molecular formula is C11H13N3. The van der Waals surface area contributed by atoms with Crippen LogP contribution in [0.4, 0.5) is 5.69 Å². The van der Waals surface area contributed by atoms with Crippen molar-refractivity contribution < 1.29 is 0 Å². The fraction of sp³-hybridized carbons (Fsp3) is 0.182. The molecule has 0 fully saturated rings. The van der Waals surface area contributed by atoms with E-state index in [4.69, 9.17) is 5.73 Å². The SMILES string of the molecule is Cc1cc(N)c(-n2cccn2)cc1C. The second-order valence-corrected chi connectivity index (χ2v) is 3.45. The smallest absolute Gasteiger partial charge is 0.0877 e. The molecule has 1 aromatic heterocycles. The molecule has 0 aliphatic carbocycles. The van der Waals surface area contributed by atoms with E-state index in [-0.39, 0.29) is 0 Å². The summed E-state index contributed by atoms with van der Waals surface area (Å²) in [6.45, 7) is 4.13. The molecule has 0 bridgehead atoms. The molecule has 0 spiro atoms. The Labute approximate surface area is 83.2 Å². The summed E-state index contributed by atoms with van der Waals surface area (Å²) >= 11 is 0. The van der Waals surface area contributed by atoms with Gasteiger partial charge in [-0.15, -0.1) is 0 Å². The Morgan fingerprint density at radius 1 is 1.21 bits per heavy atom. The molecule has 0 unspecified atom stereocenters. The molecule has 3 nitrogen and oxygen atoms in total. The average molecular weight is 187 g/mol. The van der Waals surface area contributed by atoms with E-state index in [9.17, 15) is 0 Å². The largest absolute Gasteiger partial charge is 0.397 e. The van der Waals surface area contributed by atoms with Crippen LogP contribution in [0.15, 0.2) is 30.6 Å². The van der Waals surface area contributed by atoms with Gasteiger partial charge >= 0.3 is 0 Å². The van der Waals surface area contributed by atoms with Crippen molar-refractivity contribution in [3.8, 4) is 5.69 Å². The van der Waals surface area contributed by atoms with Crippen molar-refractivity contribution in [2.45, 2.75) is 13.8 Å². The maximum absolute atomic E-state index is 5.92. The van der Waals surface area contributed by atoms with Crippen LogP contribution in [0.1, 0.15) is 11.1 Å². The average Bonchev–Trinajstić information content (AvgIpc) is 2.64. The zero-order valence-electron chi connectivity index (χ0n) is 8.36. The molecule has 0 atom stereocenters. The Balaban J connectivity index is 2.60. The fourth-order valence-corrected chi connectivity index (χ4v) is 1.43. The maximum atomic E-state index is 5.92. The van der Waals surface area contributed by atoms with Crippen LogP contribution in [-0.2, 0) is 0 Å². The number of nitrogens with zero attached hydrogens (tertiary/aromatic N) is 2. The van der Waals surface area contributed by atoms with Gasteiger partial charge in [0.2, 0.25) is 0 Å². The van der Waals surface area contributed by atoms with E-state index in [2.05, 4.69) is 25.0 Å². The summed E-state index contributed by atoms with van der Waals surface area (Å²) in [5.74, 6) is 0. The van der Waals surface area contributed by atoms with E-state index < -0.39 is 0 Å². The van der Waals surface area contributed by atoms with E-state index in [1.807, 2.05) is 18.3 Å². The second kappa shape index (κ2) is 3.18. The molecule has 0 aliphatic heterocycles. The molecule has 0 radical (unpaired) electrons. The molecule has 3 heteroatoms. The summed E-state index contributed by atoms with van der Waals surface area (Å²) in [7, 11) is 0. The topological polar surface area (TPSA) is 43.8 Å². The van der Waals surface area contributed by atoms with Gasteiger partial charge in [-0.1, -0.05) is 0 Å². The van der Waals surface area contributed by atoms with Gasteiger partial charge in [-0.3, -0.25) is 0 Å². The zero-order chi connectivity index (χ0) is 10.1. The number of benzene rings is 1. The number of nitrogen functional groups attached to an aromatic ring is 1. The third-order valence-corrected chi connectivity index (χ3v) is 2.39. The summed E-state index contributed by atoms with van der Waals surface area (Å²) in [6, 6.07) is 5.92. The van der Waals surface area contributed by atoms with Crippen molar-refractivity contribution in [3.63, 3.8) is 0 Å². The number of hydrogen-bond donors (Lipinski definition) is 1. The van der Waals surface area contributed by atoms with Gasteiger partial charge in [-0.25, -0.2) is 4.68 Å². The Kier molecular flexibility index (Phi) is 2.00. The van der Waals surface area contributed by atoms with Crippen molar-refractivity contribution in [3.05, 3.63) is 41.7 Å². The van der Waals surface area contributed by atoms with Gasteiger partial charge in [0.1, 0.15) is 0 Å². The molecule has 0 saturated heterocycles. The first-order chi connectivity index (χ1) is 6.68. The van der Waals surface area contributed by atoms with Gasteiger partial charge in [0.15, 0.2) is 0 Å². The monoisotopic (exact) mass is 187 g/mol. The minimum Gasteiger partial charge on any atom is -0.397 e. The third-order valence-electron chi connectivity index (χ3n) is 2.39. The fourth-order valence-electron chi connectivity index (χ4n) is 1.43. The molecule has 1 heterocycles. The zero-order valence-corrected chi connectivity index (χ0v) is 8.36. The Morgan fingerprint density at radius 2 is 1.93 bits per heavy atom. The molecule has 0 aliphatic rings. The molecule has 2 aromatic rings. The summed E-state index contributed by atoms with van der Waals surface area (Å²) in [5.41, 5.74) is 10.1. The number of anilines is 1. The standard InChI is InChI=1S/C11H13N3/c1-8-6-10(12)11(7-9(8)2)14-5-3-4-13-14/h3-7H,12H2,1-2H3. The molecule has 1 aromatic carbocycles. The molecule has 0 amide bonds. The van der Waals surface area contributed by atoms with Crippen molar-refractivity contribution in [1.82, 2.24) is 9.78 Å². The van der Waals surface area contributed by atoms with Crippen LogP contribution in [0, 0.1) is 13.8 Å². The highest BCUT2D eigenvalue weighted by Crippen LogP contribution is 2.20. The number of rotatable bonds is 1. The van der Waals surface area contributed by atoms with Crippen LogP contribution < -0.4 is 5.73 Å². The Bertz CT molecular complexity index is 444. The first-order valence-electron chi connectivity index (χ1n) is 4.55. The molecule has 2 N–H and O–H groups in total. The van der Waals surface area contributed by atoms with Crippen LogP contribution in [-0.4, -0.2) is 9.78 Å². The summed E-state index contributed by atoms with van der Waals surface area (Å²) in [6.07, 6.45) is 3.63. The molecular weight excluding hydrogens is 174 g/mol.